The van der Waals surface area contributed by atoms with Crippen molar-refractivity contribution in [2.45, 2.75) is 24.6 Å². The Hall–Kier alpha value is -1.86. The van der Waals surface area contributed by atoms with Gasteiger partial charge in [-0.05, 0) is 30.7 Å². The molecule has 1 aromatic carbocycles. The smallest absolute Gasteiger partial charge is 0.406 e. The number of alkyl halides is 3. The molecule has 0 unspecified atom stereocenters. The highest BCUT2D eigenvalue weighted by Crippen LogP contribution is 2.34. The van der Waals surface area contributed by atoms with Crippen LogP contribution in [0.2, 0.25) is 5.82 Å². The van der Waals surface area contributed by atoms with E-state index >= 15 is 0 Å². The van der Waals surface area contributed by atoms with Gasteiger partial charge in [0.15, 0.2) is 0 Å². The minimum absolute atomic E-state index is 0.00339. The van der Waals surface area contributed by atoms with E-state index in [1.54, 1.807) is 9.80 Å². The van der Waals surface area contributed by atoms with Crippen LogP contribution in [-0.4, -0.2) is 44.3 Å². The number of carbonyl (C=O) groups is 1. The predicted octanol–water partition coefficient (Wildman–Crippen LogP) is 2.56. The number of hydrogen-bond acceptors (Lipinski definition) is 2. The molecule has 2 radical (unpaired) electrons. The van der Waals surface area contributed by atoms with Crippen molar-refractivity contribution >= 4 is 19.6 Å². The molecule has 0 aromatic heterocycles. The summed E-state index contributed by atoms with van der Waals surface area (Å²) in [4.78, 5) is 15.5. The zero-order valence-corrected chi connectivity index (χ0v) is 11.0. The molecule has 0 spiro atoms. The predicted molar refractivity (Wildman–Crippen MR) is 70.5 cm³/mol. The number of ether oxygens (including phenoxy) is 1. The monoisotopic (exact) mass is 296 g/mol. The SMILES string of the molecule is [B][C@H]1C[C@H]2CN(c3ccc(OC(F)(F)F)cc3)C(=O)N2C1. The van der Waals surface area contributed by atoms with Gasteiger partial charge in [0.05, 0.1) is 13.9 Å². The van der Waals surface area contributed by atoms with Crippen molar-refractivity contribution in [2.24, 2.45) is 0 Å². The van der Waals surface area contributed by atoms with Crippen molar-refractivity contribution in [3.05, 3.63) is 24.3 Å². The minimum atomic E-state index is -4.72. The van der Waals surface area contributed by atoms with E-state index in [9.17, 15) is 18.0 Å². The summed E-state index contributed by atoms with van der Waals surface area (Å²) >= 11 is 0. The van der Waals surface area contributed by atoms with Gasteiger partial charge in [-0.1, -0.05) is 5.82 Å². The third-order valence-corrected chi connectivity index (χ3v) is 3.70. The van der Waals surface area contributed by atoms with Gasteiger partial charge in [0.1, 0.15) is 5.75 Å². The summed E-state index contributed by atoms with van der Waals surface area (Å²) in [5.41, 5.74) is 0.553. The molecule has 0 aliphatic carbocycles. The summed E-state index contributed by atoms with van der Waals surface area (Å²) in [5.74, 6) is -0.302. The maximum Gasteiger partial charge on any atom is 0.573 e. The Morgan fingerprint density at radius 1 is 1.19 bits per heavy atom. The largest absolute Gasteiger partial charge is 0.573 e. The number of carbonyl (C=O) groups excluding carboxylic acids is 1. The number of halogens is 3. The molecule has 2 amide bonds. The van der Waals surface area contributed by atoms with E-state index in [1.807, 2.05) is 0 Å². The minimum Gasteiger partial charge on any atom is -0.406 e. The van der Waals surface area contributed by atoms with Crippen LogP contribution in [0.25, 0.3) is 0 Å². The third-order valence-electron chi connectivity index (χ3n) is 3.70. The van der Waals surface area contributed by atoms with Gasteiger partial charge in [-0.3, -0.25) is 4.90 Å². The highest BCUT2D eigenvalue weighted by atomic mass is 19.4. The molecule has 2 aliphatic rings. The molecule has 4 nitrogen and oxygen atoms in total. The number of nitrogens with zero attached hydrogens (tertiary/aromatic N) is 2. The number of amides is 2. The van der Waals surface area contributed by atoms with Crippen LogP contribution < -0.4 is 9.64 Å². The van der Waals surface area contributed by atoms with Gasteiger partial charge in [-0.15, -0.1) is 13.2 Å². The fourth-order valence-corrected chi connectivity index (χ4v) is 2.85. The highest BCUT2D eigenvalue weighted by molar-refractivity contribution is 6.12. The van der Waals surface area contributed by atoms with Crippen molar-refractivity contribution in [1.82, 2.24) is 4.90 Å². The van der Waals surface area contributed by atoms with Crippen molar-refractivity contribution in [3.8, 4) is 5.75 Å². The Morgan fingerprint density at radius 3 is 2.43 bits per heavy atom. The van der Waals surface area contributed by atoms with E-state index in [0.717, 1.165) is 6.42 Å². The van der Waals surface area contributed by atoms with E-state index in [4.69, 9.17) is 7.85 Å². The van der Waals surface area contributed by atoms with Crippen molar-refractivity contribution < 1.29 is 22.7 Å². The lowest BCUT2D eigenvalue weighted by molar-refractivity contribution is -0.274. The molecule has 21 heavy (non-hydrogen) atoms. The second kappa shape index (κ2) is 4.86. The van der Waals surface area contributed by atoms with E-state index in [1.165, 1.54) is 24.3 Å². The lowest BCUT2D eigenvalue weighted by atomic mass is 9.85. The molecule has 3 rings (SSSR count). The Morgan fingerprint density at radius 2 is 1.86 bits per heavy atom. The van der Waals surface area contributed by atoms with Crippen molar-refractivity contribution in [2.75, 3.05) is 18.0 Å². The molecule has 0 bridgehead atoms. The van der Waals surface area contributed by atoms with Gasteiger partial charge in [0.2, 0.25) is 0 Å². The maximum atomic E-state index is 12.2. The van der Waals surface area contributed by atoms with Gasteiger partial charge < -0.3 is 9.64 Å². The van der Waals surface area contributed by atoms with Gasteiger partial charge in [-0.25, -0.2) is 4.79 Å². The fourth-order valence-electron chi connectivity index (χ4n) is 2.85. The number of anilines is 1. The van der Waals surface area contributed by atoms with E-state index in [-0.39, 0.29) is 23.6 Å². The van der Waals surface area contributed by atoms with Crippen molar-refractivity contribution in [1.29, 1.82) is 0 Å². The first-order chi connectivity index (χ1) is 9.83. The van der Waals surface area contributed by atoms with E-state index in [0.29, 0.717) is 18.8 Å². The van der Waals surface area contributed by atoms with Crippen molar-refractivity contribution in [3.63, 3.8) is 0 Å². The normalized spacial score (nSPS) is 25.4. The molecule has 110 valence electrons. The summed E-state index contributed by atoms with van der Waals surface area (Å²) < 4.78 is 40.1. The molecule has 2 fully saturated rings. The molecule has 0 N–H and O–H groups in total. The highest BCUT2D eigenvalue weighted by Gasteiger charge is 2.42. The molecule has 2 saturated heterocycles. The van der Waals surface area contributed by atoms with Crippen LogP contribution in [0.1, 0.15) is 6.42 Å². The van der Waals surface area contributed by atoms with Crippen LogP contribution in [0.3, 0.4) is 0 Å². The third kappa shape index (κ3) is 2.79. The molecule has 2 aliphatic heterocycles. The molecule has 8 heteroatoms. The number of hydrogen-bond donors (Lipinski definition) is 0. The van der Waals surface area contributed by atoms with Crippen LogP contribution in [0.5, 0.6) is 5.75 Å². The number of rotatable bonds is 2. The fraction of sp³-hybridized carbons (Fsp3) is 0.462. The standard InChI is InChI=1S/C13H12BF3N2O2/c14-8-5-10-7-19(12(20)18(10)6-8)9-1-3-11(4-2-9)21-13(15,16)17/h1-4,8,10H,5-7H2/t8-,10-/m0/s1. The molecule has 2 heterocycles. The topological polar surface area (TPSA) is 32.8 Å². The Labute approximate surface area is 120 Å². The number of urea groups is 1. The van der Waals surface area contributed by atoms with Crippen LogP contribution in [-0.2, 0) is 0 Å². The average molecular weight is 296 g/mol. The second-order valence-corrected chi connectivity index (χ2v) is 5.24. The molecular weight excluding hydrogens is 284 g/mol. The maximum absolute atomic E-state index is 12.2. The first kappa shape index (κ1) is 14.1. The first-order valence-corrected chi connectivity index (χ1v) is 6.53. The molecule has 2 atom stereocenters. The van der Waals surface area contributed by atoms with E-state index < -0.39 is 6.36 Å². The number of benzene rings is 1. The summed E-state index contributed by atoms with van der Waals surface area (Å²) in [6.45, 7) is 1.03. The molecular formula is C13H12BF3N2O2. The Balaban J connectivity index is 1.72. The Kier molecular flexibility index (Phi) is 3.26. The van der Waals surface area contributed by atoms with Crippen LogP contribution in [0, 0.1) is 0 Å². The summed E-state index contributed by atoms with van der Waals surface area (Å²) in [5, 5.41) is 0. The van der Waals surface area contributed by atoms with Gasteiger partial charge in [-0.2, -0.15) is 0 Å². The second-order valence-electron chi connectivity index (χ2n) is 5.24. The van der Waals surface area contributed by atoms with Crippen LogP contribution in [0.15, 0.2) is 24.3 Å². The zero-order chi connectivity index (χ0) is 15.2. The quantitative estimate of drug-likeness (QED) is 0.786. The van der Waals surface area contributed by atoms with Gasteiger partial charge >= 0.3 is 12.4 Å². The summed E-state index contributed by atoms with van der Waals surface area (Å²) in [6, 6.07) is 5.22. The lowest BCUT2D eigenvalue weighted by Gasteiger charge is -2.19. The first-order valence-electron chi connectivity index (χ1n) is 6.53. The van der Waals surface area contributed by atoms with Gasteiger partial charge in [0, 0.05) is 18.8 Å². The van der Waals surface area contributed by atoms with E-state index in [2.05, 4.69) is 4.74 Å². The molecule has 1 aromatic rings. The lowest BCUT2D eigenvalue weighted by Crippen LogP contribution is -2.32. The number of fused-ring (bicyclic) bond motifs is 1. The average Bonchev–Trinajstić information content (AvgIpc) is 2.87. The summed E-state index contributed by atoms with van der Waals surface area (Å²) in [6.07, 6.45) is -3.97. The summed E-state index contributed by atoms with van der Waals surface area (Å²) in [7, 11) is 5.81. The molecule has 0 saturated carbocycles. The van der Waals surface area contributed by atoms with Gasteiger partial charge in [0.25, 0.3) is 0 Å². The Bertz CT molecular complexity index is 549. The van der Waals surface area contributed by atoms with Crippen LogP contribution in [0.4, 0.5) is 23.7 Å². The van der Waals surface area contributed by atoms with Crippen LogP contribution >= 0.6 is 0 Å². The zero-order valence-electron chi connectivity index (χ0n) is 11.0.